The predicted octanol–water partition coefficient (Wildman–Crippen LogP) is 2.86. The van der Waals surface area contributed by atoms with E-state index in [4.69, 9.17) is 4.98 Å². The van der Waals surface area contributed by atoms with Crippen molar-refractivity contribution in [2.45, 2.75) is 6.42 Å². The largest absolute Gasteiger partial charge is 0.375 e. The zero-order valence-corrected chi connectivity index (χ0v) is 13.6. The molecule has 5 nitrogen and oxygen atoms in total. The third-order valence-electron chi connectivity index (χ3n) is 4.81. The smallest absolute Gasteiger partial charge is 0.169 e. The number of carbonyl (C=O) groups excluding carboxylic acids is 1. The number of Topliss-reactive ketones (excluding diaryl/α,β-unsaturated/α-hetero) is 1. The molecular formula is C19H16N4O. The minimum atomic E-state index is 0.145. The molecule has 0 unspecified atom stereocenters. The van der Waals surface area contributed by atoms with Crippen LogP contribution in [-0.2, 0) is 0 Å². The summed E-state index contributed by atoms with van der Waals surface area (Å²) in [5, 5.41) is 4.06. The van der Waals surface area contributed by atoms with Crippen molar-refractivity contribution in [3.63, 3.8) is 0 Å². The Labute approximate surface area is 138 Å². The van der Waals surface area contributed by atoms with Crippen molar-refractivity contribution in [1.82, 2.24) is 9.97 Å². The molecule has 1 N–H and O–H groups in total. The van der Waals surface area contributed by atoms with Gasteiger partial charge in [0.2, 0.25) is 0 Å². The van der Waals surface area contributed by atoms with E-state index in [-0.39, 0.29) is 5.78 Å². The number of carbonyl (C=O) groups is 1. The average molecular weight is 316 g/mol. The molecule has 1 aliphatic rings. The van der Waals surface area contributed by atoms with Gasteiger partial charge in [0.05, 0.1) is 33.2 Å². The summed E-state index contributed by atoms with van der Waals surface area (Å²) in [4.78, 5) is 27.6. The first-order chi connectivity index (χ1) is 11.7. The molecule has 5 rings (SSSR count). The van der Waals surface area contributed by atoms with Crippen LogP contribution in [0.2, 0.25) is 0 Å². The van der Waals surface area contributed by atoms with Crippen LogP contribution < -0.4 is 10.3 Å². The highest BCUT2D eigenvalue weighted by atomic mass is 16.1. The van der Waals surface area contributed by atoms with Gasteiger partial charge in [-0.15, -0.1) is 0 Å². The van der Waals surface area contributed by atoms with Crippen molar-refractivity contribution in [1.29, 1.82) is 0 Å². The van der Waals surface area contributed by atoms with Crippen LogP contribution in [0, 0.1) is 0 Å². The summed E-state index contributed by atoms with van der Waals surface area (Å²) in [5.41, 5.74) is 4.34. The molecule has 5 heteroatoms. The Balaban J connectivity index is 2.15. The van der Waals surface area contributed by atoms with Gasteiger partial charge < -0.3 is 9.88 Å². The van der Waals surface area contributed by atoms with Gasteiger partial charge in [-0.3, -0.25) is 9.79 Å². The van der Waals surface area contributed by atoms with E-state index >= 15 is 0 Å². The molecule has 2 aromatic heterocycles. The van der Waals surface area contributed by atoms with Crippen molar-refractivity contribution in [3.8, 4) is 0 Å². The molecule has 2 aromatic carbocycles. The first-order valence-corrected chi connectivity index (χ1v) is 8.07. The first-order valence-electron chi connectivity index (χ1n) is 8.07. The highest BCUT2D eigenvalue weighted by Crippen LogP contribution is 2.36. The average Bonchev–Trinajstić information content (AvgIpc) is 3.01. The zero-order valence-electron chi connectivity index (χ0n) is 13.6. The number of H-pyrrole nitrogens is 1. The van der Waals surface area contributed by atoms with Gasteiger partial charge in [0.25, 0.3) is 0 Å². The van der Waals surface area contributed by atoms with E-state index in [1.165, 1.54) is 0 Å². The summed E-state index contributed by atoms with van der Waals surface area (Å²) in [7, 11) is 3.93. The molecule has 0 amide bonds. The topological polar surface area (TPSA) is 61.4 Å². The minimum Gasteiger partial charge on any atom is -0.375 e. The second-order valence-electron chi connectivity index (χ2n) is 6.45. The van der Waals surface area contributed by atoms with Gasteiger partial charge in [0, 0.05) is 49.4 Å². The summed E-state index contributed by atoms with van der Waals surface area (Å²) < 4.78 is 0. The van der Waals surface area contributed by atoms with Gasteiger partial charge in [-0.1, -0.05) is 18.2 Å². The fourth-order valence-corrected chi connectivity index (χ4v) is 3.83. The molecule has 1 aliphatic heterocycles. The van der Waals surface area contributed by atoms with Crippen molar-refractivity contribution in [2.75, 3.05) is 25.5 Å². The molecule has 0 saturated carbocycles. The summed E-state index contributed by atoms with van der Waals surface area (Å²) in [6.45, 7) is 0.536. The van der Waals surface area contributed by atoms with Crippen LogP contribution in [0.1, 0.15) is 16.8 Å². The Bertz CT molecular complexity index is 1200. The Morgan fingerprint density at radius 1 is 1.17 bits per heavy atom. The summed E-state index contributed by atoms with van der Waals surface area (Å²) in [5.74, 6) is 0.145. The normalized spacial score (nSPS) is 14.3. The van der Waals surface area contributed by atoms with Crippen molar-refractivity contribution in [3.05, 3.63) is 41.4 Å². The highest BCUT2D eigenvalue weighted by Gasteiger charge is 2.26. The van der Waals surface area contributed by atoms with Crippen LogP contribution in [0.5, 0.6) is 0 Å². The van der Waals surface area contributed by atoms with Gasteiger partial charge in [-0.25, -0.2) is 4.98 Å². The number of aromatic nitrogens is 2. The molecule has 4 aromatic rings. The maximum absolute atomic E-state index is 12.7. The number of hydrogen-bond acceptors (Lipinski definition) is 4. The number of anilines is 1. The third kappa shape index (κ3) is 1.56. The van der Waals surface area contributed by atoms with Crippen molar-refractivity contribution < 1.29 is 4.79 Å². The first kappa shape index (κ1) is 13.5. The number of pyridine rings is 1. The number of nitrogens with one attached hydrogen (secondary N) is 1. The number of hydrogen-bond donors (Lipinski definition) is 1. The molecule has 0 atom stereocenters. The van der Waals surface area contributed by atoms with E-state index in [1.54, 1.807) is 0 Å². The number of benzene rings is 2. The monoisotopic (exact) mass is 316 g/mol. The van der Waals surface area contributed by atoms with E-state index in [0.29, 0.717) is 18.5 Å². The Morgan fingerprint density at radius 3 is 2.83 bits per heavy atom. The van der Waals surface area contributed by atoms with Crippen molar-refractivity contribution >= 4 is 44.2 Å². The van der Waals surface area contributed by atoms with Crippen LogP contribution >= 0.6 is 0 Å². The predicted molar refractivity (Wildman–Crippen MR) is 96.0 cm³/mol. The molecule has 0 bridgehead atoms. The maximum Gasteiger partial charge on any atom is 0.169 e. The number of nitrogens with zero attached hydrogens (tertiary/aromatic N) is 3. The molecule has 24 heavy (non-hydrogen) atoms. The quantitative estimate of drug-likeness (QED) is 0.549. The lowest BCUT2D eigenvalue weighted by molar-refractivity contribution is 0.0980. The fourth-order valence-electron chi connectivity index (χ4n) is 3.83. The molecular weight excluding hydrogens is 300 g/mol. The Morgan fingerprint density at radius 2 is 2.00 bits per heavy atom. The van der Waals surface area contributed by atoms with Crippen LogP contribution in [0.4, 0.5) is 5.69 Å². The number of ketones is 1. The van der Waals surface area contributed by atoms with Gasteiger partial charge in [0.15, 0.2) is 5.78 Å². The fraction of sp³-hybridized carbons (Fsp3) is 0.211. The number of para-hydroxylation sites is 1. The van der Waals surface area contributed by atoms with Crippen molar-refractivity contribution in [2.24, 2.45) is 4.99 Å². The molecule has 3 heterocycles. The van der Waals surface area contributed by atoms with E-state index in [2.05, 4.69) is 16.0 Å². The SMILES string of the molecule is CN(C)c1c2c(c3nc4ccccc4c4c[nH]c1c34)=NCCC2=O. The Hall–Kier alpha value is -2.95. The second-order valence-corrected chi connectivity index (χ2v) is 6.45. The number of aromatic amines is 1. The molecule has 0 aliphatic carbocycles. The van der Waals surface area contributed by atoms with Gasteiger partial charge in [-0.2, -0.15) is 0 Å². The Kier molecular flexibility index (Phi) is 2.55. The van der Waals surface area contributed by atoms with Gasteiger partial charge >= 0.3 is 0 Å². The lowest BCUT2D eigenvalue weighted by atomic mass is 9.96. The van der Waals surface area contributed by atoms with Crippen LogP contribution in [-0.4, -0.2) is 36.4 Å². The number of fused-ring (bicyclic) bond motifs is 4. The third-order valence-corrected chi connectivity index (χ3v) is 4.81. The molecule has 0 spiro atoms. The van der Waals surface area contributed by atoms with E-state index in [1.807, 2.05) is 43.4 Å². The summed E-state index contributed by atoms with van der Waals surface area (Å²) >= 11 is 0. The van der Waals surface area contributed by atoms with Crippen LogP contribution in [0.3, 0.4) is 0 Å². The maximum atomic E-state index is 12.7. The van der Waals surface area contributed by atoms with E-state index in [9.17, 15) is 4.79 Å². The number of rotatable bonds is 1. The summed E-state index contributed by atoms with van der Waals surface area (Å²) in [6.07, 6.45) is 2.48. The second kappa shape index (κ2) is 4.54. The molecule has 0 saturated heterocycles. The van der Waals surface area contributed by atoms with Crippen LogP contribution in [0.25, 0.3) is 32.7 Å². The lowest BCUT2D eigenvalue weighted by Gasteiger charge is -2.21. The zero-order chi connectivity index (χ0) is 16.4. The lowest BCUT2D eigenvalue weighted by Crippen LogP contribution is -2.28. The summed E-state index contributed by atoms with van der Waals surface area (Å²) in [6, 6.07) is 8.10. The molecule has 118 valence electrons. The van der Waals surface area contributed by atoms with Crippen LogP contribution in [0.15, 0.2) is 35.5 Å². The molecule has 0 radical (unpaired) electrons. The van der Waals surface area contributed by atoms with Gasteiger partial charge in [-0.05, 0) is 6.07 Å². The van der Waals surface area contributed by atoms with E-state index < -0.39 is 0 Å². The molecule has 0 fully saturated rings. The van der Waals surface area contributed by atoms with E-state index in [0.717, 1.165) is 43.8 Å². The van der Waals surface area contributed by atoms with Gasteiger partial charge in [0.1, 0.15) is 0 Å². The standard InChI is InChI=1S/C19H16N4O/c1-23(2)19-15-13(24)7-8-20-16(15)17-14-11(9-21-18(14)19)10-5-3-4-6-12(10)22-17/h3-6,9,21H,7-8H2,1-2H3. The minimum absolute atomic E-state index is 0.145. The highest BCUT2D eigenvalue weighted by molar-refractivity contribution is 6.24.